The molecular formula is C16H13BO2. The third kappa shape index (κ3) is 2.03. The maximum atomic E-state index is 7.12. The Kier molecular flexibility index (Phi) is 3.07. The van der Waals surface area contributed by atoms with Crippen LogP contribution >= 0.6 is 0 Å². The Hall–Kier alpha value is -2.10. The summed E-state index contributed by atoms with van der Waals surface area (Å²) < 4.78 is 0. The van der Waals surface area contributed by atoms with Crippen molar-refractivity contribution in [2.24, 2.45) is 0 Å². The Morgan fingerprint density at radius 1 is 0.632 bits per heavy atom. The maximum absolute atomic E-state index is 7.12. The molecule has 2 aliphatic rings. The van der Waals surface area contributed by atoms with Gasteiger partial charge in [0.25, 0.3) is 0 Å². The SMILES string of the molecule is OBO.c1ccc2cc(-c3cc4ccc3-4)ccc2c1. The largest absolute Gasteiger partial charge is 0.432 e. The number of hydrogen-bond acceptors (Lipinski definition) is 2. The van der Waals surface area contributed by atoms with Crippen LogP contribution in [0.1, 0.15) is 0 Å². The number of fused-ring (bicyclic) bond motifs is 2. The summed E-state index contributed by atoms with van der Waals surface area (Å²) in [5.41, 5.74) is 5.56. The zero-order chi connectivity index (χ0) is 13.2. The highest BCUT2D eigenvalue weighted by Gasteiger charge is 2.17. The Morgan fingerprint density at radius 3 is 1.84 bits per heavy atom. The van der Waals surface area contributed by atoms with E-state index in [1.54, 1.807) is 0 Å². The van der Waals surface area contributed by atoms with Crippen LogP contribution in [-0.4, -0.2) is 17.7 Å². The monoisotopic (exact) mass is 248 g/mol. The maximum Gasteiger partial charge on any atom is 0.432 e. The highest BCUT2D eigenvalue weighted by molar-refractivity contribution is 6.13. The van der Waals surface area contributed by atoms with E-state index in [1.165, 1.54) is 33.0 Å². The van der Waals surface area contributed by atoms with Gasteiger partial charge in [-0.2, -0.15) is 0 Å². The highest BCUT2D eigenvalue weighted by Crippen LogP contribution is 2.43. The minimum atomic E-state index is -0.750. The van der Waals surface area contributed by atoms with Crippen LogP contribution in [-0.2, 0) is 0 Å². The normalized spacial score (nSPS) is 10.6. The number of rotatable bonds is 1. The third-order valence-corrected chi connectivity index (χ3v) is 3.39. The molecule has 0 aromatic heterocycles. The topological polar surface area (TPSA) is 40.5 Å². The van der Waals surface area contributed by atoms with Gasteiger partial charge in [-0.05, 0) is 45.2 Å². The molecule has 0 heterocycles. The smallest absolute Gasteiger partial charge is 0.430 e. The standard InChI is InChI=1S/C16H10.BH3O2/c1-2-4-12-9-13(6-5-11(12)3-1)16-10-14-7-8-15(14)16;2-1-3/h1-10H;1-3H. The fourth-order valence-electron chi connectivity index (χ4n) is 2.39. The molecule has 0 radical (unpaired) electrons. The molecular weight excluding hydrogens is 235 g/mol. The molecule has 0 amide bonds. The zero-order valence-corrected chi connectivity index (χ0v) is 10.4. The van der Waals surface area contributed by atoms with Crippen LogP contribution in [0.25, 0.3) is 33.0 Å². The van der Waals surface area contributed by atoms with Gasteiger partial charge in [0.1, 0.15) is 0 Å². The van der Waals surface area contributed by atoms with Crippen LogP contribution in [0, 0.1) is 0 Å². The molecule has 2 N–H and O–H groups in total. The molecule has 2 aromatic carbocycles. The van der Waals surface area contributed by atoms with E-state index in [0.29, 0.717) is 0 Å². The van der Waals surface area contributed by atoms with E-state index in [9.17, 15) is 0 Å². The van der Waals surface area contributed by atoms with Crippen LogP contribution in [0.3, 0.4) is 0 Å². The molecule has 92 valence electrons. The first-order chi connectivity index (χ1) is 9.33. The summed E-state index contributed by atoms with van der Waals surface area (Å²) in [4.78, 5) is 0. The predicted molar refractivity (Wildman–Crippen MR) is 80.0 cm³/mol. The summed E-state index contributed by atoms with van der Waals surface area (Å²) in [5, 5.41) is 16.9. The van der Waals surface area contributed by atoms with Gasteiger partial charge < -0.3 is 10.0 Å². The molecule has 2 aliphatic carbocycles. The summed E-state index contributed by atoms with van der Waals surface area (Å²) in [6.45, 7) is 0. The molecule has 0 fully saturated rings. The molecule has 19 heavy (non-hydrogen) atoms. The van der Waals surface area contributed by atoms with Gasteiger partial charge in [-0.15, -0.1) is 0 Å². The molecule has 0 saturated carbocycles. The molecule has 0 spiro atoms. The van der Waals surface area contributed by atoms with Crippen LogP contribution in [0.4, 0.5) is 0 Å². The third-order valence-electron chi connectivity index (χ3n) is 3.39. The quantitative estimate of drug-likeness (QED) is 0.508. The van der Waals surface area contributed by atoms with Crippen LogP contribution in [0.15, 0.2) is 60.7 Å². The predicted octanol–water partition coefficient (Wildman–Crippen LogP) is 2.72. The van der Waals surface area contributed by atoms with Crippen molar-refractivity contribution in [3.8, 4) is 22.3 Å². The minimum Gasteiger partial charge on any atom is -0.430 e. The van der Waals surface area contributed by atoms with Crippen molar-refractivity contribution >= 4 is 18.5 Å². The molecule has 3 heteroatoms. The summed E-state index contributed by atoms with van der Waals surface area (Å²) in [6.07, 6.45) is 0. The minimum absolute atomic E-state index is 0.750. The van der Waals surface area contributed by atoms with Gasteiger partial charge in [0, 0.05) is 0 Å². The number of benzene rings is 3. The lowest BCUT2D eigenvalue weighted by Crippen LogP contribution is -1.95. The van der Waals surface area contributed by atoms with E-state index >= 15 is 0 Å². The lowest BCUT2D eigenvalue weighted by Gasteiger charge is -2.21. The molecule has 0 saturated heterocycles. The zero-order valence-electron chi connectivity index (χ0n) is 10.4. The Balaban J connectivity index is 0.000000339. The van der Waals surface area contributed by atoms with Crippen molar-refractivity contribution in [3.05, 3.63) is 60.7 Å². The van der Waals surface area contributed by atoms with Crippen molar-refractivity contribution in [1.82, 2.24) is 0 Å². The van der Waals surface area contributed by atoms with Gasteiger partial charge in [0.15, 0.2) is 0 Å². The van der Waals surface area contributed by atoms with Gasteiger partial charge in [0.05, 0.1) is 0 Å². The molecule has 0 aliphatic heterocycles. The summed E-state index contributed by atoms with van der Waals surface area (Å²) >= 11 is 0. The Morgan fingerprint density at radius 2 is 1.26 bits per heavy atom. The van der Waals surface area contributed by atoms with Crippen LogP contribution in [0.2, 0.25) is 0 Å². The van der Waals surface area contributed by atoms with Crippen molar-refractivity contribution in [3.63, 3.8) is 0 Å². The van der Waals surface area contributed by atoms with Crippen LogP contribution in [0.5, 0.6) is 0 Å². The van der Waals surface area contributed by atoms with Crippen molar-refractivity contribution in [2.45, 2.75) is 0 Å². The van der Waals surface area contributed by atoms with Gasteiger partial charge in [-0.25, -0.2) is 0 Å². The van der Waals surface area contributed by atoms with Crippen molar-refractivity contribution < 1.29 is 10.0 Å². The molecule has 2 nitrogen and oxygen atoms in total. The van der Waals surface area contributed by atoms with E-state index < -0.39 is 7.69 Å². The first-order valence-electron chi connectivity index (χ1n) is 6.19. The molecule has 0 atom stereocenters. The fraction of sp³-hybridized carbons (Fsp3) is 0. The lowest BCUT2D eigenvalue weighted by molar-refractivity contribution is 0.448. The van der Waals surface area contributed by atoms with Gasteiger partial charge in [0.2, 0.25) is 0 Å². The molecule has 0 unspecified atom stereocenters. The van der Waals surface area contributed by atoms with E-state index in [4.69, 9.17) is 10.0 Å². The second-order valence-electron chi connectivity index (χ2n) is 4.46. The second-order valence-corrected chi connectivity index (χ2v) is 4.46. The first-order valence-corrected chi connectivity index (χ1v) is 6.19. The average Bonchev–Trinajstić information content (AvgIpc) is 2.42. The van der Waals surface area contributed by atoms with Gasteiger partial charge >= 0.3 is 7.69 Å². The fourth-order valence-corrected chi connectivity index (χ4v) is 2.39. The van der Waals surface area contributed by atoms with E-state index in [2.05, 4.69) is 60.7 Å². The van der Waals surface area contributed by atoms with E-state index in [0.717, 1.165) is 0 Å². The van der Waals surface area contributed by atoms with Gasteiger partial charge in [-0.1, -0.05) is 48.5 Å². The first kappa shape index (κ1) is 12.0. The number of hydrogen-bond donors (Lipinski definition) is 2. The van der Waals surface area contributed by atoms with Crippen LogP contribution < -0.4 is 0 Å². The van der Waals surface area contributed by atoms with E-state index in [1.807, 2.05) is 0 Å². The van der Waals surface area contributed by atoms with E-state index in [-0.39, 0.29) is 0 Å². The summed E-state index contributed by atoms with van der Waals surface area (Å²) in [7, 11) is -0.750. The van der Waals surface area contributed by atoms with Gasteiger partial charge in [-0.3, -0.25) is 0 Å². The molecule has 0 bridgehead atoms. The Bertz CT molecular complexity index is 738. The second kappa shape index (κ2) is 4.88. The highest BCUT2D eigenvalue weighted by atomic mass is 16.4. The summed E-state index contributed by atoms with van der Waals surface area (Å²) in [6, 6.07) is 21.8. The molecule has 4 rings (SSSR count). The lowest BCUT2D eigenvalue weighted by atomic mass is 9.83. The average molecular weight is 248 g/mol. The molecule has 2 aromatic rings. The van der Waals surface area contributed by atoms with Crippen molar-refractivity contribution in [1.29, 1.82) is 0 Å². The summed E-state index contributed by atoms with van der Waals surface area (Å²) in [5.74, 6) is 0. The Labute approximate surface area is 112 Å². The van der Waals surface area contributed by atoms with Crippen molar-refractivity contribution in [2.75, 3.05) is 0 Å².